The first-order valence-corrected chi connectivity index (χ1v) is 13.6. The molecule has 0 atom stereocenters. The van der Waals surface area contributed by atoms with Crippen molar-refractivity contribution in [1.82, 2.24) is 19.1 Å². The van der Waals surface area contributed by atoms with Gasteiger partial charge in [-0.15, -0.1) is 0 Å². The van der Waals surface area contributed by atoms with Gasteiger partial charge in [-0.1, -0.05) is 18.2 Å². The number of likely N-dealkylation sites (tertiary alicyclic amines) is 1. The van der Waals surface area contributed by atoms with Crippen LogP contribution in [-0.2, 0) is 14.8 Å². The maximum Gasteiger partial charge on any atom is 0.244 e. The van der Waals surface area contributed by atoms with E-state index in [9.17, 15) is 13.2 Å². The van der Waals surface area contributed by atoms with Crippen molar-refractivity contribution in [2.75, 3.05) is 45.8 Å². The van der Waals surface area contributed by atoms with Gasteiger partial charge in [0.25, 0.3) is 0 Å². The molecule has 0 bridgehead atoms. The third-order valence-corrected chi connectivity index (χ3v) is 8.98. The fourth-order valence-electron chi connectivity index (χ4n) is 4.21. The summed E-state index contributed by atoms with van der Waals surface area (Å²) < 4.78 is 27.7. The SMILES string of the molecule is C=C(N)/C=C(\C=C/N)CN1CCC(C(=O)N2CCN(S(=O)(=O)c3cnc(Cl)c(Br)c3)CC2)CC1. The zero-order valence-electron chi connectivity index (χ0n) is 18.9. The lowest BCUT2D eigenvalue weighted by Gasteiger charge is -2.38. The van der Waals surface area contributed by atoms with Crippen LogP contribution in [0, 0.1) is 5.92 Å². The molecule has 186 valence electrons. The molecule has 0 saturated carbocycles. The Hall–Kier alpha value is -1.92. The summed E-state index contributed by atoms with van der Waals surface area (Å²) in [6.07, 6.45) is 7.85. The van der Waals surface area contributed by atoms with Crippen molar-refractivity contribution in [2.24, 2.45) is 17.4 Å². The van der Waals surface area contributed by atoms with Crippen molar-refractivity contribution < 1.29 is 13.2 Å². The average molecular weight is 574 g/mol. The number of allylic oxidation sites excluding steroid dienone is 1. The third-order valence-electron chi connectivity index (χ3n) is 5.98. The molecule has 9 nitrogen and oxygen atoms in total. The van der Waals surface area contributed by atoms with Crippen molar-refractivity contribution in [3.63, 3.8) is 0 Å². The van der Waals surface area contributed by atoms with Crippen molar-refractivity contribution >= 4 is 43.5 Å². The summed E-state index contributed by atoms with van der Waals surface area (Å²) in [7, 11) is -3.70. The summed E-state index contributed by atoms with van der Waals surface area (Å²) in [6, 6.07) is 1.45. The van der Waals surface area contributed by atoms with Gasteiger partial charge in [-0.05, 0) is 71.9 Å². The number of piperazine rings is 1. The summed E-state index contributed by atoms with van der Waals surface area (Å²) in [5.41, 5.74) is 12.7. The molecule has 3 heterocycles. The topological polar surface area (TPSA) is 126 Å². The molecule has 0 unspecified atom stereocenters. The van der Waals surface area contributed by atoms with Crippen LogP contribution >= 0.6 is 27.5 Å². The molecule has 0 radical (unpaired) electrons. The number of hydrogen-bond acceptors (Lipinski definition) is 7. The van der Waals surface area contributed by atoms with Gasteiger partial charge in [0.05, 0.1) is 4.47 Å². The normalized spacial score (nSPS) is 19.6. The summed E-state index contributed by atoms with van der Waals surface area (Å²) in [6.45, 7) is 7.20. The molecule has 12 heteroatoms. The van der Waals surface area contributed by atoms with Gasteiger partial charge in [0, 0.05) is 50.5 Å². The van der Waals surface area contributed by atoms with E-state index in [-0.39, 0.29) is 35.0 Å². The van der Waals surface area contributed by atoms with Crippen LogP contribution < -0.4 is 11.5 Å². The zero-order valence-corrected chi connectivity index (χ0v) is 22.0. The van der Waals surface area contributed by atoms with E-state index in [1.54, 1.807) is 11.0 Å². The molecule has 1 aromatic heterocycles. The second kappa shape index (κ2) is 11.7. The predicted octanol–water partition coefficient (Wildman–Crippen LogP) is 1.91. The predicted molar refractivity (Wildman–Crippen MR) is 136 cm³/mol. The van der Waals surface area contributed by atoms with Crippen LogP contribution in [0.15, 0.2) is 57.8 Å². The van der Waals surface area contributed by atoms with Gasteiger partial charge in [0.2, 0.25) is 15.9 Å². The molecule has 3 rings (SSSR count). The first-order valence-electron chi connectivity index (χ1n) is 11.0. The quantitative estimate of drug-likeness (QED) is 0.377. The smallest absolute Gasteiger partial charge is 0.244 e. The number of hydrogen-bond donors (Lipinski definition) is 2. The van der Waals surface area contributed by atoms with E-state index in [2.05, 4.69) is 32.4 Å². The number of piperidine rings is 1. The number of aromatic nitrogens is 1. The van der Waals surface area contributed by atoms with E-state index in [0.29, 0.717) is 29.8 Å². The van der Waals surface area contributed by atoms with Crippen molar-refractivity contribution in [3.8, 4) is 0 Å². The molecule has 34 heavy (non-hydrogen) atoms. The lowest BCUT2D eigenvalue weighted by atomic mass is 9.94. The molecule has 4 N–H and O–H groups in total. The maximum atomic E-state index is 13.1. The summed E-state index contributed by atoms with van der Waals surface area (Å²) >= 11 is 9.09. The largest absolute Gasteiger partial charge is 0.405 e. The Labute approximate surface area is 214 Å². The summed E-state index contributed by atoms with van der Waals surface area (Å²) in [5, 5.41) is 0.202. The van der Waals surface area contributed by atoms with Gasteiger partial charge >= 0.3 is 0 Å². The van der Waals surface area contributed by atoms with Crippen LogP contribution in [0.4, 0.5) is 0 Å². The fourth-order valence-corrected chi connectivity index (χ4v) is 6.20. The lowest BCUT2D eigenvalue weighted by Crippen LogP contribution is -2.52. The molecule has 2 fully saturated rings. The minimum Gasteiger partial charge on any atom is -0.405 e. The second-order valence-corrected chi connectivity index (χ2v) is 11.5. The Bertz CT molecular complexity index is 1080. The number of nitrogens with two attached hydrogens (primary N) is 2. The number of rotatable bonds is 7. The first-order chi connectivity index (χ1) is 16.1. The highest BCUT2D eigenvalue weighted by Gasteiger charge is 2.34. The molecule has 0 spiro atoms. The third kappa shape index (κ3) is 6.60. The molecule has 2 aliphatic heterocycles. The highest BCUT2D eigenvalue weighted by atomic mass is 79.9. The van der Waals surface area contributed by atoms with Gasteiger partial charge in [0.15, 0.2) is 0 Å². The van der Waals surface area contributed by atoms with E-state index in [0.717, 1.165) is 31.5 Å². The van der Waals surface area contributed by atoms with Gasteiger partial charge in [-0.2, -0.15) is 4.31 Å². The molecule has 0 aromatic carbocycles. The van der Waals surface area contributed by atoms with E-state index in [1.165, 1.54) is 22.8 Å². The summed E-state index contributed by atoms with van der Waals surface area (Å²) in [5.74, 6) is 0.0401. The van der Waals surface area contributed by atoms with Crippen LogP contribution in [0.25, 0.3) is 0 Å². The van der Waals surface area contributed by atoms with Gasteiger partial charge < -0.3 is 16.4 Å². The standard InChI is InChI=1S/C22H30BrClN6O3S/c1-16(26)12-17(2-5-25)15-28-6-3-18(4-7-28)22(31)29-8-10-30(11-9-29)34(32,33)19-13-20(23)21(24)27-14-19/h2,5,12-14,18H,1,3-4,6-11,15,25-26H2/b5-2-,17-12+. The van der Waals surface area contributed by atoms with Gasteiger partial charge in [-0.3, -0.25) is 9.69 Å². The zero-order chi connectivity index (χ0) is 24.9. The summed E-state index contributed by atoms with van der Waals surface area (Å²) in [4.78, 5) is 21.1. The fraction of sp³-hybridized carbons (Fsp3) is 0.455. The van der Waals surface area contributed by atoms with Crippen LogP contribution in [-0.4, -0.2) is 79.2 Å². The van der Waals surface area contributed by atoms with Crippen molar-refractivity contribution in [2.45, 2.75) is 17.7 Å². The Balaban J connectivity index is 1.52. The van der Waals surface area contributed by atoms with Crippen LogP contribution in [0.2, 0.25) is 5.15 Å². The highest BCUT2D eigenvalue weighted by Crippen LogP contribution is 2.26. The lowest BCUT2D eigenvalue weighted by molar-refractivity contribution is -0.138. The molecule has 2 aliphatic rings. The van der Waals surface area contributed by atoms with Crippen LogP contribution in [0.3, 0.4) is 0 Å². The maximum absolute atomic E-state index is 13.1. The molecule has 1 amide bonds. The number of pyridine rings is 1. The van der Waals surface area contributed by atoms with Gasteiger partial charge in [0.1, 0.15) is 10.0 Å². The first kappa shape index (κ1) is 26.7. The number of carbonyl (C=O) groups excluding carboxylic acids is 1. The van der Waals surface area contributed by atoms with Crippen LogP contribution in [0.1, 0.15) is 12.8 Å². The van der Waals surface area contributed by atoms with E-state index >= 15 is 0 Å². The molecule has 2 saturated heterocycles. The molecular formula is C22H30BrClN6O3S. The Morgan fingerprint density at radius 3 is 2.44 bits per heavy atom. The number of nitrogens with zero attached hydrogens (tertiary/aromatic N) is 4. The van der Waals surface area contributed by atoms with Gasteiger partial charge in [-0.25, -0.2) is 13.4 Å². The minimum atomic E-state index is -3.70. The Morgan fingerprint density at radius 1 is 1.24 bits per heavy atom. The molecule has 0 aliphatic carbocycles. The van der Waals surface area contributed by atoms with Crippen molar-refractivity contribution in [1.29, 1.82) is 0 Å². The average Bonchev–Trinajstić information content (AvgIpc) is 2.80. The highest BCUT2D eigenvalue weighted by molar-refractivity contribution is 9.10. The van der Waals surface area contributed by atoms with E-state index < -0.39 is 10.0 Å². The molecular weight excluding hydrogens is 544 g/mol. The van der Waals surface area contributed by atoms with E-state index in [4.69, 9.17) is 23.1 Å². The second-order valence-electron chi connectivity index (χ2n) is 8.38. The van der Waals surface area contributed by atoms with Crippen LogP contribution in [0.5, 0.6) is 0 Å². The number of carbonyl (C=O) groups is 1. The number of amides is 1. The minimum absolute atomic E-state index is 0.0576. The monoisotopic (exact) mass is 572 g/mol. The number of halogens is 2. The Kier molecular flexibility index (Phi) is 9.16. The van der Waals surface area contributed by atoms with Crippen molar-refractivity contribution in [3.05, 3.63) is 58.1 Å². The molecule has 1 aromatic rings. The Morgan fingerprint density at radius 2 is 1.88 bits per heavy atom. The number of sulfonamides is 1. The van der Waals surface area contributed by atoms with E-state index in [1.807, 2.05) is 6.08 Å².